The minimum Gasteiger partial charge on any atom is -0.355 e. The molecule has 1 rings (SSSR count). The summed E-state index contributed by atoms with van der Waals surface area (Å²) in [6.07, 6.45) is 0.181. The monoisotopic (exact) mass is 192 g/mol. The summed E-state index contributed by atoms with van der Waals surface area (Å²) in [5.74, 6) is 0.705. The number of nitrogens with zero attached hydrogens (tertiary/aromatic N) is 1. The molecule has 1 heterocycles. The highest BCUT2D eigenvalue weighted by Crippen LogP contribution is 2.16. The summed E-state index contributed by atoms with van der Waals surface area (Å²) >= 11 is 0. The van der Waals surface area contributed by atoms with Gasteiger partial charge in [0.2, 0.25) is 0 Å². The molecule has 1 aliphatic heterocycles. The zero-order valence-electron chi connectivity index (χ0n) is 8.24. The Morgan fingerprint density at radius 3 is 2.42 bits per heavy atom. The van der Waals surface area contributed by atoms with Crippen molar-refractivity contribution in [1.29, 1.82) is 0 Å². The van der Waals surface area contributed by atoms with Crippen LogP contribution in [0, 0.1) is 0 Å². The Labute approximate surface area is 76.7 Å². The summed E-state index contributed by atoms with van der Waals surface area (Å²) in [7, 11) is 5.60. The van der Waals surface area contributed by atoms with Crippen molar-refractivity contribution in [1.82, 2.24) is 0 Å². The molecule has 1 aliphatic rings. The van der Waals surface area contributed by atoms with E-state index in [9.17, 15) is 4.21 Å². The quantitative estimate of drug-likeness (QED) is 0.584. The molecule has 3 nitrogen and oxygen atoms in total. The predicted octanol–water partition coefficient (Wildman–Crippen LogP) is 0.186. The Bertz CT molecular complexity index is 188. The van der Waals surface area contributed by atoms with Crippen LogP contribution in [0.1, 0.15) is 6.92 Å². The van der Waals surface area contributed by atoms with Crippen LogP contribution in [0.2, 0.25) is 0 Å². The smallest absolute Gasteiger partial charge is 0.130 e. The van der Waals surface area contributed by atoms with Crippen LogP contribution in [-0.2, 0) is 15.5 Å². The fraction of sp³-hybridized carbons (Fsp3) is 1.00. The SMILES string of the molecule is C[C@H]1O[C@@H](C[N+](C)(C)C)C[S@@]1=O. The molecule has 1 saturated heterocycles. The summed E-state index contributed by atoms with van der Waals surface area (Å²) < 4.78 is 17.7. The van der Waals surface area contributed by atoms with Crippen LogP contribution in [0.15, 0.2) is 0 Å². The lowest BCUT2D eigenvalue weighted by Gasteiger charge is -2.26. The summed E-state index contributed by atoms with van der Waals surface area (Å²) in [4.78, 5) is 0. The molecule has 0 aliphatic carbocycles. The molecule has 0 bridgehead atoms. The van der Waals surface area contributed by atoms with E-state index < -0.39 is 10.8 Å². The molecule has 0 aromatic carbocycles. The van der Waals surface area contributed by atoms with Crippen molar-refractivity contribution in [3.05, 3.63) is 0 Å². The second-order valence-corrected chi connectivity index (χ2v) is 6.10. The molecule has 0 saturated carbocycles. The van der Waals surface area contributed by atoms with Crippen LogP contribution in [0.5, 0.6) is 0 Å². The van der Waals surface area contributed by atoms with E-state index in [1.54, 1.807) is 0 Å². The number of ether oxygens (including phenoxy) is 1. The topological polar surface area (TPSA) is 26.3 Å². The fourth-order valence-corrected chi connectivity index (χ4v) is 2.50. The Hall–Kier alpha value is 0.0700. The van der Waals surface area contributed by atoms with Crippen molar-refractivity contribution in [2.75, 3.05) is 33.4 Å². The van der Waals surface area contributed by atoms with Gasteiger partial charge in [-0.1, -0.05) is 0 Å². The highest BCUT2D eigenvalue weighted by Gasteiger charge is 2.32. The zero-order chi connectivity index (χ0) is 9.35. The first-order chi connectivity index (χ1) is 5.38. The average molecular weight is 192 g/mol. The highest BCUT2D eigenvalue weighted by atomic mass is 32.2. The van der Waals surface area contributed by atoms with E-state index in [1.165, 1.54) is 0 Å². The van der Waals surface area contributed by atoms with E-state index in [1.807, 2.05) is 6.92 Å². The van der Waals surface area contributed by atoms with Crippen LogP contribution in [0.4, 0.5) is 0 Å². The predicted molar refractivity (Wildman–Crippen MR) is 50.2 cm³/mol. The van der Waals surface area contributed by atoms with Crippen molar-refractivity contribution in [2.45, 2.75) is 18.5 Å². The van der Waals surface area contributed by atoms with Gasteiger partial charge in [-0.3, -0.25) is 4.21 Å². The zero-order valence-corrected chi connectivity index (χ0v) is 9.06. The summed E-state index contributed by atoms with van der Waals surface area (Å²) in [5.41, 5.74) is -0.0680. The molecular weight excluding hydrogens is 174 g/mol. The molecule has 3 atom stereocenters. The second kappa shape index (κ2) is 3.44. The molecule has 4 heteroatoms. The molecule has 0 unspecified atom stereocenters. The van der Waals surface area contributed by atoms with Crippen LogP contribution in [0.3, 0.4) is 0 Å². The maximum atomic E-state index is 11.2. The van der Waals surface area contributed by atoms with Crippen molar-refractivity contribution in [2.24, 2.45) is 0 Å². The van der Waals surface area contributed by atoms with Gasteiger partial charge in [-0.05, 0) is 6.92 Å². The van der Waals surface area contributed by atoms with Gasteiger partial charge < -0.3 is 9.22 Å². The van der Waals surface area contributed by atoms with E-state index in [2.05, 4.69) is 21.1 Å². The number of quaternary nitrogens is 1. The van der Waals surface area contributed by atoms with Crippen molar-refractivity contribution < 1.29 is 13.4 Å². The van der Waals surface area contributed by atoms with Crippen LogP contribution in [0.25, 0.3) is 0 Å². The lowest BCUT2D eigenvalue weighted by Crippen LogP contribution is -2.42. The first kappa shape index (κ1) is 10.2. The van der Waals surface area contributed by atoms with Gasteiger partial charge >= 0.3 is 0 Å². The normalized spacial score (nSPS) is 37.2. The van der Waals surface area contributed by atoms with Crippen molar-refractivity contribution in [3.63, 3.8) is 0 Å². The van der Waals surface area contributed by atoms with Gasteiger partial charge in [0.25, 0.3) is 0 Å². The second-order valence-electron chi connectivity index (χ2n) is 4.35. The van der Waals surface area contributed by atoms with Gasteiger partial charge in [-0.25, -0.2) is 0 Å². The van der Waals surface area contributed by atoms with E-state index >= 15 is 0 Å². The molecule has 12 heavy (non-hydrogen) atoms. The van der Waals surface area contributed by atoms with Gasteiger partial charge in [0.15, 0.2) is 0 Å². The third-order valence-corrected chi connectivity index (χ3v) is 3.41. The molecule has 0 aromatic heterocycles. The molecule has 0 spiro atoms. The first-order valence-electron chi connectivity index (χ1n) is 4.21. The summed E-state index contributed by atoms with van der Waals surface area (Å²) in [6, 6.07) is 0. The standard InChI is InChI=1S/C8H18NO2S/c1-7-11-8(6-12(7)10)5-9(2,3)4/h7-8H,5-6H2,1-4H3/q+1/t7-,8-,12-/m0/s1. The molecule has 0 aromatic rings. The third kappa shape index (κ3) is 2.84. The maximum absolute atomic E-state index is 11.2. The van der Waals surface area contributed by atoms with Gasteiger partial charge in [-0.15, -0.1) is 0 Å². The number of hydrogen-bond acceptors (Lipinski definition) is 2. The van der Waals surface area contributed by atoms with Crippen LogP contribution in [-0.4, -0.2) is 53.7 Å². The number of likely N-dealkylation sites (N-methyl/N-ethyl adjacent to an activating group) is 1. The highest BCUT2D eigenvalue weighted by molar-refractivity contribution is 7.85. The molecule has 0 radical (unpaired) electrons. The van der Waals surface area contributed by atoms with Gasteiger partial charge in [0, 0.05) is 0 Å². The summed E-state index contributed by atoms with van der Waals surface area (Å²) in [5, 5.41) is 0. The maximum Gasteiger partial charge on any atom is 0.130 e. The third-order valence-electron chi connectivity index (χ3n) is 1.86. The molecule has 0 amide bonds. The average Bonchev–Trinajstić information content (AvgIpc) is 2.07. The van der Waals surface area contributed by atoms with E-state index in [4.69, 9.17) is 4.74 Å². The Morgan fingerprint density at radius 2 is 2.08 bits per heavy atom. The molecule has 0 N–H and O–H groups in total. The largest absolute Gasteiger partial charge is 0.355 e. The van der Waals surface area contributed by atoms with Gasteiger partial charge in [-0.2, -0.15) is 0 Å². The van der Waals surface area contributed by atoms with Crippen molar-refractivity contribution in [3.8, 4) is 0 Å². The molecular formula is C8H18NO2S+. The van der Waals surface area contributed by atoms with Gasteiger partial charge in [0.05, 0.1) is 37.7 Å². The first-order valence-corrected chi connectivity index (χ1v) is 5.60. The fourth-order valence-electron chi connectivity index (χ4n) is 1.40. The van der Waals surface area contributed by atoms with Crippen molar-refractivity contribution >= 4 is 10.8 Å². The van der Waals surface area contributed by atoms with E-state index in [0.29, 0.717) is 5.75 Å². The number of hydrogen-bond donors (Lipinski definition) is 0. The van der Waals surface area contributed by atoms with E-state index in [0.717, 1.165) is 11.0 Å². The molecule has 1 fully saturated rings. The van der Waals surface area contributed by atoms with Crippen LogP contribution >= 0.6 is 0 Å². The Balaban J connectivity index is 2.43. The number of rotatable bonds is 2. The van der Waals surface area contributed by atoms with Crippen LogP contribution < -0.4 is 0 Å². The minimum atomic E-state index is -0.765. The van der Waals surface area contributed by atoms with E-state index in [-0.39, 0.29) is 11.5 Å². The van der Waals surface area contributed by atoms with Gasteiger partial charge in [0.1, 0.15) is 18.1 Å². The summed E-state index contributed by atoms with van der Waals surface area (Å²) in [6.45, 7) is 2.82. The Kier molecular flexibility index (Phi) is 2.91. The minimum absolute atomic E-state index is 0.0680. The Morgan fingerprint density at radius 1 is 1.50 bits per heavy atom. The lowest BCUT2D eigenvalue weighted by atomic mass is 10.3. The molecule has 72 valence electrons. The lowest BCUT2D eigenvalue weighted by molar-refractivity contribution is -0.873.